The fourth-order valence-electron chi connectivity index (χ4n) is 2.75. The first-order chi connectivity index (χ1) is 10.6. The first-order valence-electron chi connectivity index (χ1n) is 7.54. The summed E-state index contributed by atoms with van der Waals surface area (Å²) >= 11 is 4.46. The van der Waals surface area contributed by atoms with Gasteiger partial charge in [0.15, 0.2) is 5.16 Å². The van der Waals surface area contributed by atoms with Crippen LogP contribution in [-0.4, -0.2) is 57.7 Å². The highest BCUT2D eigenvalue weighted by Crippen LogP contribution is 2.21. The van der Waals surface area contributed by atoms with Crippen LogP contribution in [0.3, 0.4) is 0 Å². The van der Waals surface area contributed by atoms with E-state index in [1.165, 1.54) is 0 Å². The van der Waals surface area contributed by atoms with Crippen molar-refractivity contribution in [2.45, 2.75) is 18.2 Å². The van der Waals surface area contributed by atoms with Crippen LogP contribution in [0.2, 0.25) is 0 Å². The van der Waals surface area contributed by atoms with Gasteiger partial charge in [0.05, 0.1) is 18.4 Å². The lowest BCUT2D eigenvalue weighted by molar-refractivity contribution is 0.145. The van der Waals surface area contributed by atoms with Crippen LogP contribution in [0.25, 0.3) is 0 Å². The zero-order valence-electron chi connectivity index (χ0n) is 12.8. The van der Waals surface area contributed by atoms with Gasteiger partial charge in [-0.1, -0.05) is 18.2 Å². The van der Waals surface area contributed by atoms with Gasteiger partial charge in [0.2, 0.25) is 0 Å². The van der Waals surface area contributed by atoms with E-state index in [0.29, 0.717) is 17.5 Å². The smallest absolute Gasteiger partial charge is 0.165 e. The predicted molar refractivity (Wildman–Crippen MR) is 89.5 cm³/mol. The summed E-state index contributed by atoms with van der Waals surface area (Å²) in [5.41, 5.74) is 2.02. The Balaban J connectivity index is 1.75. The normalized spacial score (nSPS) is 17.0. The molecule has 1 saturated heterocycles. The van der Waals surface area contributed by atoms with E-state index in [1.807, 2.05) is 24.4 Å². The highest BCUT2D eigenvalue weighted by Gasteiger charge is 2.17. The molecule has 22 heavy (non-hydrogen) atoms. The number of hydrogen-bond donors (Lipinski definition) is 2. The van der Waals surface area contributed by atoms with Crippen molar-refractivity contribution in [1.82, 2.24) is 19.4 Å². The van der Waals surface area contributed by atoms with Gasteiger partial charge in [-0.15, -0.1) is 12.6 Å². The second-order valence-electron chi connectivity index (χ2n) is 5.84. The number of hydrogen-bond acceptors (Lipinski definition) is 5. The predicted octanol–water partition coefficient (Wildman–Crippen LogP) is 1.67. The van der Waals surface area contributed by atoms with E-state index in [2.05, 4.69) is 39.0 Å². The summed E-state index contributed by atoms with van der Waals surface area (Å²) in [5.74, 6) is 0.314. The maximum atomic E-state index is 9.97. The van der Waals surface area contributed by atoms with Crippen LogP contribution in [0, 0.1) is 0 Å². The van der Waals surface area contributed by atoms with E-state index in [4.69, 9.17) is 0 Å². The average molecular weight is 318 g/mol. The third kappa shape index (κ3) is 3.45. The molecule has 0 radical (unpaired) electrons. The van der Waals surface area contributed by atoms with Gasteiger partial charge in [-0.25, -0.2) is 4.98 Å². The van der Waals surface area contributed by atoms with E-state index in [-0.39, 0.29) is 0 Å². The number of rotatable bonds is 4. The van der Waals surface area contributed by atoms with Crippen LogP contribution < -0.4 is 0 Å². The number of phenols is 1. The first-order valence-corrected chi connectivity index (χ1v) is 7.99. The monoisotopic (exact) mass is 318 g/mol. The van der Waals surface area contributed by atoms with Crippen LogP contribution >= 0.6 is 12.6 Å². The molecule has 0 aliphatic carbocycles. The highest BCUT2D eigenvalue weighted by atomic mass is 32.1. The molecule has 0 bridgehead atoms. The Morgan fingerprint density at radius 2 is 1.86 bits per heavy atom. The van der Waals surface area contributed by atoms with Crippen LogP contribution in [0.5, 0.6) is 5.75 Å². The van der Waals surface area contributed by atoms with Gasteiger partial charge >= 0.3 is 0 Å². The number of piperazine rings is 1. The summed E-state index contributed by atoms with van der Waals surface area (Å²) < 4.78 is 2.07. The Morgan fingerprint density at radius 1 is 1.14 bits per heavy atom. The SMILES string of the molecule is CN1CCN(Cc2cnc(S)n2Cc2ccccc2O)CC1. The largest absolute Gasteiger partial charge is 0.508 e. The van der Waals surface area contributed by atoms with Crippen molar-refractivity contribution in [3.8, 4) is 5.75 Å². The number of nitrogens with zero attached hydrogens (tertiary/aromatic N) is 4. The van der Waals surface area contributed by atoms with Crippen LogP contribution in [0.15, 0.2) is 35.6 Å². The van der Waals surface area contributed by atoms with Crippen molar-refractivity contribution in [3.05, 3.63) is 41.7 Å². The molecule has 2 heterocycles. The lowest BCUT2D eigenvalue weighted by Crippen LogP contribution is -2.44. The molecule has 1 aromatic heterocycles. The third-order valence-corrected chi connectivity index (χ3v) is 4.58. The Morgan fingerprint density at radius 3 is 2.59 bits per heavy atom. The number of phenolic OH excluding ortho intramolecular Hbond substituents is 1. The second kappa shape index (κ2) is 6.73. The van der Waals surface area contributed by atoms with Crippen LogP contribution in [0.1, 0.15) is 11.3 Å². The van der Waals surface area contributed by atoms with E-state index >= 15 is 0 Å². The molecule has 1 aliphatic rings. The minimum atomic E-state index is 0.314. The standard InChI is InChI=1S/C16H22N4OS/c1-18-6-8-19(9-7-18)12-14-10-17-16(22)20(14)11-13-4-2-3-5-15(13)21/h2-5,10,21H,6-9,11-12H2,1H3,(H,17,22). The number of aromatic hydroxyl groups is 1. The lowest BCUT2D eigenvalue weighted by atomic mass is 10.2. The first kappa shape index (κ1) is 15.4. The van der Waals surface area contributed by atoms with E-state index in [9.17, 15) is 5.11 Å². The van der Waals surface area contributed by atoms with Crippen molar-refractivity contribution in [2.24, 2.45) is 0 Å². The Kier molecular flexibility index (Phi) is 4.71. The van der Waals surface area contributed by atoms with Crippen LogP contribution in [0.4, 0.5) is 0 Å². The molecule has 3 rings (SSSR count). The van der Waals surface area contributed by atoms with Crippen molar-refractivity contribution >= 4 is 12.6 Å². The minimum absolute atomic E-state index is 0.314. The summed E-state index contributed by atoms with van der Waals surface area (Å²) in [7, 11) is 2.16. The molecule has 5 nitrogen and oxygen atoms in total. The van der Waals surface area contributed by atoms with Crippen molar-refractivity contribution in [1.29, 1.82) is 0 Å². The number of likely N-dealkylation sites (N-methyl/N-ethyl adjacent to an activating group) is 1. The summed E-state index contributed by atoms with van der Waals surface area (Å²) in [6.45, 7) is 5.80. The van der Waals surface area contributed by atoms with Gasteiger partial charge in [0, 0.05) is 38.3 Å². The van der Waals surface area contributed by atoms with Gasteiger partial charge in [-0.3, -0.25) is 4.90 Å². The number of benzene rings is 1. The summed E-state index contributed by atoms with van der Waals surface area (Å²) in [4.78, 5) is 9.11. The summed E-state index contributed by atoms with van der Waals surface area (Å²) in [6.07, 6.45) is 1.89. The molecular weight excluding hydrogens is 296 g/mol. The van der Waals surface area contributed by atoms with Gasteiger partial charge in [0.25, 0.3) is 0 Å². The maximum Gasteiger partial charge on any atom is 0.165 e. The van der Waals surface area contributed by atoms with E-state index in [0.717, 1.165) is 44.0 Å². The quantitative estimate of drug-likeness (QED) is 0.842. The van der Waals surface area contributed by atoms with Gasteiger partial charge < -0.3 is 14.6 Å². The molecule has 0 spiro atoms. The molecule has 0 saturated carbocycles. The third-order valence-electron chi connectivity index (χ3n) is 4.22. The average Bonchev–Trinajstić information content (AvgIpc) is 2.85. The molecule has 0 atom stereocenters. The fraction of sp³-hybridized carbons (Fsp3) is 0.438. The number of para-hydroxylation sites is 1. The van der Waals surface area contributed by atoms with Gasteiger partial charge in [0.1, 0.15) is 5.75 Å². The number of imidazole rings is 1. The van der Waals surface area contributed by atoms with Crippen molar-refractivity contribution in [3.63, 3.8) is 0 Å². The fourth-order valence-corrected chi connectivity index (χ4v) is 3.01. The molecule has 6 heteroatoms. The topological polar surface area (TPSA) is 44.5 Å². The second-order valence-corrected chi connectivity index (χ2v) is 6.24. The molecule has 1 fully saturated rings. The molecule has 118 valence electrons. The van der Waals surface area contributed by atoms with Gasteiger partial charge in [-0.2, -0.15) is 0 Å². The zero-order valence-corrected chi connectivity index (χ0v) is 13.7. The summed E-state index contributed by atoms with van der Waals surface area (Å²) in [6, 6.07) is 7.41. The lowest BCUT2D eigenvalue weighted by Gasteiger charge is -2.32. The Bertz CT molecular complexity index is 635. The summed E-state index contributed by atoms with van der Waals surface area (Å²) in [5, 5.41) is 10.7. The van der Waals surface area contributed by atoms with Crippen molar-refractivity contribution in [2.75, 3.05) is 33.2 Å². The zero-order chi connectivity index (χ0) is 15.5. The Labute approximate surface area is 136 Å². The minimum Gasteiger partial charge on any atom is -0.508 e. The molecule has 1 aromatic carbocycles. The molecule has 2 aromatic rings. The molecule has 0 amide bonds. The van der Waals surface area contributed by atoms with E-state index < -0.39 is 0 Å². The number of thiol groups is 1. The Hall–Kier alpha value is -1.50. The van der Waals surface area contributed by atoms with Crippen molar-refractivity contribution < 1.29 is 5.11 Å². The van der Waals surface area contributed by atoms with Crippen LogP contribution in [-0.2, 0) is 13.1 Å². The molecule has 1 aliphatic heterocycles. The number of aromatic nitrogens is 2. The van der Waals surface area contributed by atoms with Gasteiger partial charge in [-0.05, 0) is 13.1 Å². The highest BCUT2D eigenvalue weighted by molar-refractivity contribution is 7.80. The maximum absolute atomic E-state index is 9.97. The molecule has 0 unspecified atom stereocenters. The van der Waals surface area contributed by atoms with E-state index in [1.54, 1.807) is 6.07 Å². The molecule has 1 N–H and O–H groups in total. The molecular formula is C16H22N4OS.